The number of ether oxygens (including phenoxy) is 1. The third-order valence-corrected chi connectivity index (χ3v) is 6.82. The molecule has 1 heterocycles. The fraction of sp³-hybridized carbons (Fsp3) is 0.136. The lowest BCUT2D eigenvalue weighted by Crippen LogP contribution is -2.13. The number of hydrogen-bond donors (Lipinski definition) is 1. The zero-order valence-corrected chi connectivity index (χ0v) is 15.5. The van der Waals surface area contributed by atoms with Crippen molar-refractivity contribution >= 4 is 36.6 Å². The smallest absolute Gasteiger partial charge is 0.337 e. The number of aliphatic hydroxyl groups excluding tert-OH is 1. The van der Waals surface area contributed by atoms with E-state index >= 15 is 0 Å². The number of thiophene rings is 1. The van der Waals surface area contributed by atoms with Gasteiger partial charge in [-0.25, -0.2) is 4.79 Å². The standard InChI is InChI=1S/C22H19O3S/c1-14-11-16(12-15(2)22(14)25-21(24)13-23)26-19-9-5-3-7-17(19)18-8-4-6-10-20(18)26/h3-12,23H,13H2,1-2H3/q+1. The van der Waals surface area contributed by atoms with Crippen LogP contribution in [0.5, 0.6) is 5.75 Å². The van der Waals surface area contributed by atoms with E-state index in [0.29, 0.717) is 5.75 Å². The molecule has 0 unspecified atom stereocenters. The third kappa shape index (κ3) is 2.68. The Morgan fingerprint density at radius 3 is 1.92 bits per heavy atom. The average Bonchev–Trinajstić information content (AvgIpc) is 2.99. The minimum Gasteiger partial charge on any atom is -0.424 e. The van der Waals surface area contributed by atoms with Crippen molar-refractivity contribution in [3.63, 3.8) is 0 Å². The topological polar surface area (TPSA) is 46.5 Å². The normalized spacial score (nSPS) is 11.2. The Bertz CT molecular complexity index is 1060. The predicted octanol–water partition coefficient (Wildman–Crippen LogP) is 5.25. The number of benzene rings is 3. The quantitative estimate of drug-likeness (QED) is 0.307. The summed E-state index contributed by atoms with van der Waals surface area (Å²) in [5, 5.41) is 11.5. The molecule has 26 heavy (non-hydrogen) atoms. The number of carbonyl (C=O) groups excluding carboxylic acids is 1. The van der Waals surface area contributed by atoms with Crippen LogP contribution in [0.3, 0.4) is 0 Å². The zero-order chi connectivity index (χ0) is 18.3. The summed E-state index contributed by atoms with van der Waals surface area (Å²) in [5.74, 6) is -0.0971. The molecule has 0 saturated carbocycles. The highest BCUT2D eigenvalue weighted by molar-refractivity contribution is 7.50. The van der Waals surface area contributed by atoms with Crippen LogP contribution in [0.25, 0.3) is 25.1 Å². The van der Waals surface area contributed by atoms with Gasteiger partial charge in [-0.15, -0.1) is 0 Å². The van der Waals surface area contributed by atoms with E-state index in [1.807, 2.05) is 13.8 Å². The maximum atomic E-state index is 11.5. The highest BCUT2D eigenvalue weighted by atomic mass is 32.2. The van der Waals surface area contributed by atoms with Crippen LogP contribution < -0.4 is 4.74 Å². The Hall–Kier alpha value is -2.69. The van der Waals surface area contributed by atoms with Gasteiger partial charge in [-0.3, -0.25) is 0 Å². The lowest BCUT2D eigenvalue weighted by molar-refractivity contribution is -0.137. The summed E-state index contributed by atoms with van der Waals surface area (Å²) in [6, 6.07) is 21.3. The maximum Gasteiger partial charge on any atom is 0.337 e. The molecule has 0 amide bonds. The van der Waals surface area contributed by atoms with E-state index in [1.54, 1.807) is 0 Å². The lowest BCUT2D eigenvalue weighted by atomic mass is 10.1. The van der Waals surface area contributed by atoms with Crippen molar-refractivity contribution in [1.82, 2.24) is 0 Å². The summed E-state index contributed by atoms with van der Waals surface area (Å²) in [6.07, 6.45) is 0. The molecule has 3 nitrogen and oxygen atoms in total. The molecule has 4 heteroatoms. The molecule has 0 aliphatic carbocycles. The molecule has 0 fully saturated rings. The van der Waals surface area contributed by atoms with Crippen molar-refractivity contribution in [2.45, 2.75) is 13.8 Å². The average molecular weight is 363 g/mol. The molecule has 0 saturated heterocycles. The van der Waals surface area contributed by atoms with Gasteiger partial charge in [0.1, 0.15) is 12.4 Å². The van der Waals surface area contributed by atoms with Crippen LogP contribution in [-0.2, 0) is 4.79 Å². The molecule has 130 valence electrons. The highest BCUT2D eigenvalue weighted by Crippen LogP contribution is 2.49. The van der Waals surface area contributed by atoms with Crippen LogP contribution in [-0.4, -0.2) is 17.7 Å². The molecule has 0 spiro atoms. The van der Waals surface area contributed by atoms with Gasteiger partial charge in [0.15, 0.2) is 14.3 Å². The van der Waals surface area contributed by atoms with Gasteiger partial charge < -0.3 is 9.84 Å². The number of rotatable bonds is 3. The van der Waals surface area contributed by atoms with Crippen molar-refractivity contribution in [2.24, 2.45) is 0 Å². The van der Waals surface area contributed by atoms with Gasteiger partial charge in [0.2, 0.25) is 0 Å². The molecule has 3 aromatic carbocycles. The van der Waals surface area contributed by atoms with Gasteiger partial charge in [-0.2, -0.15) is 0 Å². The van der Waals surface area contributed by atoms with Crippen LogP contribution in [0.4, 0.5) is 0 Å². The summed E-state index contributed by atoms with van der Waals surface area (Å²) in [4.78, 5) is 12.7. The van der Waals surface area contributed by atoms with Gasteiger partial charge >= 0.3 is 5.97 Å². The molecular formula is C22H19O3S+. The van der Waals surface area contributed by atoms with E-state index in [9.17, 15) is 4.79 Å². The monoisotopic (exact) mass is 363 g/mol. The number of fused-ring (bicyclic) bond motifs is 3. The van der Waals surface area contributed by atoms with Gasteiger partial charge in [-0.1, -0.05) is 24.3 Å². The van der Waals surface area contributed by atoms with Crippen molar-refractivity contribution < 1.29 is 14.6 Å². The SMILES string of the molecule is Cc1cc(-[s+]2c3ccccc3c3ccccc32)cc(C)c1OC(=O)CO. The molecule has 0 bridgehead atoms. The Labute approximate surface area is 154 Å². The van der Waals surface area contributed by atoms with Crippen molar-refractivity contribution in [3.05, 3.63) is 71.8 Å². The molecule has 4 aromatic rings. The summed E-state index contributed by atoms with van der Waals surface area (Å²) in [6.45, 7) is 3.26. The second-order valence-electron chi connectivity index (χ2n) is 6.32. The molecule has 4 rings (SSSR count). The molecular weight excluding hydrogens is 344 g/mol. The zero-order valence-electron chi connectivity index (χ0n) is 14.7. The first-order valence-electron chi connectivity index (χ1n) is 8.45. The number of esters is 1. The summed E-state index contributed by atoms with van der Waals surface area (Å²) < 4.78 is 7.95. The largest absolute Gasteiger partial charge is 0.424 e. The third-order valence-electron chi connectivity index (χ3n) is 4.52. The lowest BCUT2D eigenvalue weighted by Gasteiger charge is -2.09. The fourth-order valence-electron chi connectivity index (χ4n) is 3.44. The molecule has 0 radical (unpaired) electrons. The molecule has 0 aliphatic rings. The van der Waals surface area contributed by atoms with Gasteiger partial charge in [0.05, 0.1) is 0 Å². The van der Waals surface area contributed by atoms with Gasteiger partial charge in [0, 0.05) is 33.4 Å². The summed E-state index contributed by atoms with van der Waals surface area (Å²) in [7, 11) is -0.174. The van der Waals surface area contributed by atoms with Crippen molar-refractivity contribution in [3.8, 4) is 10.6 Å². The summed E-state index contributed by atoms with van der Waals surface area (Å²) >= 11 is 0. The Morgan fingerprint density at radius 2 is 1.42 bits per heavy atom. The number of aryl methyl sites for hydroxylation is 2. The fourth-order valence-corrected chi connectivity index (χ4v) is 6.00. The van der Waals surface area contributed by atoms with E-state index in [1.165, 1.54) is 25.1 Å². The van der Waals surface area contributed by atoms with Crippen LogP contribution in [0.2, 0.25) is 0 Å². The Balaban J connectivity index is 1.97. The maximum absolute atomic E-state index is 11.5. The van der Waals surface area contributed by atoms with E-state index < -0.39 is 12.6 Å². The molecule has 0 aliphatic heterocycles. The van der Waals surface area contributed by atoms with Crippen molar-refractivity contribution in [1.29, 1.82) is 0 Å². The van der Waals surface area contributed by atoms with Crippen LogP contribution in [0.1, 0.15) is 11.1 Å². The summed E-state index contributed by atoms with van der Waals surface area (Å²) in [5.41, 5.74) is 1.80. The first-order chi connectivity index (χ1) is 12.6. The minimum atomic E-state index is -0.636. The van der Waals surface area contributed by atoms with Gasteiger partial charge in [-0.05, 0) is 49.2 Å². The van der Waals surface area contributed by atoms with E-state index in [2.05, 4.69) is 60.7 Å². The first-order valence-corrected chi connectivity index (χ1v) is 9.68. The first kappa shape index (κ1) is 16.8. The molecule has 1 aromatic heterocycles. The van der Waals surface area contributed by atoms with E-state index in [4.69, 9.17) is 9.84 Å². The Kier molecular flexibility index (Phi) is 4.23. The number of aliphatic hydroxyl groups is 1. The van der Waals surface area contributed by atoms with Crippen LogP contribution in [0, 0.1) is 13.8 Å². The van der Waals surface area contributed by atoms with E-state index in [-0.39, 0.29) is 10.5 Å². The van der Waals surface area contributed by atoms with Crippen molar-refractivity contribution in [2.75, 3.05) is 6.61 Å². The van der Waals surface area contributed by atoms with Gasteiger partial charge in [0.25, 0.3) is 0 Å². The number of hydrogen-bond acceptors (Lipinski definition) is 3. The molecule has 0 atom stereocenters. The second kappa shape index (κ2) is 6.56. The number of carbonyl (C=O) groups is 1. The minimum absolute atomic E-state index is 0.174. The molecule has 1 N–H and O–H groups in total. The van der Waals surface area contributed by atoms with Crippen LogP contribution >= 0.6 is 10.5 Å². The highest BCUT2D eigenvalue weighted by Gasteiger charge is 2.24. The Morgan fingerprint density at radius 1 is 0.923 bits per heavy atom. The van der Waals surface area contributed by atoms with Crippen LogP contribution in [0.15, 0.2) is 60.7 Å². The predicted molar refractivity (Wildman–Crippen MR) is 107 cm³/mol. The van der Waals surface area contributed by atoms with E-state index in [0.717, 1.165) is 11.1 Å². The second-order valence-corrected chi connectivity index (χ2v) is 8.28.